The first-order valence-electron chi connectivity index (χ1n) is 8.60. The maximum atomic E-state index is 6.26. The second kappa shape index (κ2) is 7.57. The number of para-hydroxylation sites is 1. The van der Waals surface area contributed by atoms with Crippen molar-refractivity contribution in [3.8, 4) is 11.5 Å². The molecule has 3 rings (SSSR count). The predicted molar refractivity (Wildman–Crippen MR) is 92.2 cm³/mol. The van der Waals surface area contributed by atoms with E-state index in [1.165, 1.54) is 25.7 Å². The van der Waals surface area contributed by atoms with Crippen LogP contribution in [0.25, 0.3) is 0 Å². The van der Waals surface area contributed by atoms with E-state index in [1.54, 1.807) is 14.2 Å². The van der Waals surface area contributed by atoms with Crippen LogP contribution in [0.3, 0.4) is 0 Å². The number of hydrogen-bond donors (Lipinski definition) is 2. The highest BCUT2D eigenvalue weighted by molar-refractivity contribution is 5.80. The molecule has 0 radical (unpaired) electrons. The van der Waals surface area contributed by atoms with Crippen molar-refractivity contribution in [1.82, 2.24) is 10.6 Å². The van der Waals surface area contributed by atoms with Gasteiger partial charge in [0.25, 0.3) is 0 Å². The normalized spacial score (nSPS) is 18.8. The number of benzene rings is 1. The number of guanidine groups is 1. The van der Waals surface area contributed by atoms with E-state index in [9.17, 15) is 0 Å². The van der Waals surface area contributed by atoms with E-state index in [0.29, 0.717) is 18.7 Å². The van der Waals surface area contributed by atoms with Crippen molar-refractivity contribution in [1.29, 1.82) is 0 Å². The van der Waals surface area contributed by atoms with Crippen molar-refractivity contribution in [3.63, 3.8) is 0 Å². The van der Waals surface area contributed by atoms with Crippen LogP contribution in [-0.2, 0) is 6.54 Å². The average Bonchev–Trinajstić information content (AvgIpc) is 3.25. The summed E-state index contributed by atoms with van der Waals surface area (Å²) in [7, 11) is 3.50. The maximum Gasteiger partial charge on any atom is 0.191 e. The van der Waals surface area contributed by atoms with Crippen LogP contribution >= 0.6 is 0 Å². The number of nitrogens with one attached hydrogen (secondary N) is 2. The van der Waals surface area contributed by atoms with E-state index < -0.39 is 0 Å². The van der Waals surface area contributed by atoms with E-state index >= 15 is 0 Å². The molecule has 5 nitrogen and oxygen atoms in total. The van der Waals surface area contributed by atoms with Crippen LogP contribution in [0.5, 0.6) is 11.5 Å². The molecule has 126 valence electrons. The molecule has 0 amide bonds. The summed E-state index contributed by atoms with van der Waals surface area (Å²) in [5, 5.41) is 6.78. The van der Waals surface area contributed by atoms with E-state index in [4.69, 9.17) is 9.47 Å². The zero-order valence-corrected chi connectivity index (χ0v) is 14.1. The van der Waals surface area contributed by atoms with Crippen LogP contribution in [-0.4, -0.2) is 32.3 Å². The summed E-state index contributed by atoms with van der Waals surface area (Å²) >= 11 is 0. The molecule has 1 aromatic rings. The molecule has 0 bridgehead atoms. The second-order valence-corrected chi connectivity index (χ2v) is 6.32. The predicted octanol–water partition coefficient (Wildman–Crippen LogP) is 2.84. The third-order valence-corrected chi connectivity index (χ3v) is 4.46. The fourth-order valence-electron chi connectivity index (χ4n) is 2.96. The second-order valence-electron chi connectivity index (χ2n) is 6.32. The molecule has 0 saturated heterocycles. The zero-order chi connectivity index (χ0) is 16.1. The number of nitrogens with zero attached hydrogens (tertiary/aromatic N) is 1. The van der Waals surface area contributed by atoms with Crippen molar-refractivity contribution in [2.45, 2.75) is 57.2 Å². The standard InChI is InChI=1S/C18H27N3O2/c1-19-18(21-14-10-11-14)20-12-13-6-5-9-16(22-2)17(13)23-15-7-3-4-8-15/h5-6,9,14-15H,3-4,7-8,10-12H2,1-2H3,(H2,19,20,21). The molecule has 0 aliphatic heterocycles. The van der Waals surface area contributed by atoms with Gasteiger partial charge >= 0.3 is 0 Å². The smallest absolute Gasteiger partial charge is 0.191 e. The molecule has 5 heteroatoms. The Balaban J connectivity index is 1.68. The first-order chi connectivity index (χ1) is 11.3. The molecule has 0 spiro atoms. The molecule has 0 heterocycles. The van der Waals surface area contributed by atoms with Crippen LogP contribution in [0.1, 0.15) is 44.1 Å². The van der Waals surface area contributed by atoms with Gasteiger partial charge < -0.3 is 20.1 Å². The first-order valence-corrected chi connectivity index (χ1v) is 8.60. The molecule has 1 aromatic carbocycles. The Morgan fingerprint density at radius 3 is 2.65 bits per heavy atom. The quantitative estimate of drug-likeness (QED) is 0.626. The lowest BCUT2D eigenvalue weighted by Crippen LogP contribution is -2.38. The highest BCUT2D eigenvalue weighted by Crippen LogP contribution is 2.34. The molecule has 0 unspecified atom stereocenters. The van der Waals surface area contributed by atoms with Gasteiger partial charge in [-0.05, 0) is 44.6 Å². The SMILES string of the molecule is CN=C(NCc1cccc(OC)c1OC1CCCC1)NC1CC1. The Labute approximate surface area is 138 Å². The molecule has 2 aliphatic rings. The summed E-state index contributed by atoms with van der Waals surface area (Å²) in [6.45, 7) is 0.672. The highest BCUT2D eigenvalue weighted by atomic mass is 16.5. The summed E-state index contributed by atoms with van der Waals surface area (Å²) in [5.74, 6) is 2.53. The van der Waals surface area contributed by atoms with Crippen LogP contribution < -0.4 is 20.1 Å². The fourth-order valence-corrected chi connectivity index (χ4v) is 2.96. The Morgan fingerprint density at radius 2 is 2.00 bits per heavy atom. The van der Waals surface area contributed by atoms with E-state index in [1.807, 2.05) is 12.1 Å². The summed E-state index contributed by atoms with van der Waals surface area (Å²) in [4.78, 5) is 4.28. The number of ether oxygens (including phenoxy) is 2. The van der Waals surface area contributed by atoms with Gasteiger partial charge in [0.15, 0.2) is 17.5 Å². The largest absolute Gasteiger partial charge is 0.493 e. The summed E-state index contributed by atoms with van der Waals surface area (Å²) < 4.78 is 11.8. The molecular weight excluding hydrogens is 290 g/mol. The number of methoxy groups -OCH3 is 1. The van der Waals surface area contributed by atoms with E-state index in [-0.39, 0.29) is 0 Å². The highest BCUT2D eigenvalue weighted by Gasteiger charge is 2.23. The lowest BCUT2D eigenvalue weighted by Gasteiger charge is -2.20. The lowest BCUT2D eigenvalue weighted by atomic mass is 10.1. The van der Waals surface area contributed by atoms with Crippen LogP contribution in [0, 0.1) is 0 Å². The van der Waals surface area contributed by atoms with Crippen LogP contribution in [0.4, 0.5) is 0 Å². The Morgan fingerprint density at radius 1 is 1.22 bits per heavy atom. The molecule has 0 atom stereocenters. The Bertz CT molecular complexity index is 549. The van der Waals surface area contributed by atoms with Crippen molar-refractivity contribution in [2.75, 3.05) is 14.2 Å². The monoisotopic (exact) mass is 317 g/mol. The van der Waals surface area contributed by atoms with Crippen LogP contribution in [0.2, 0.25) is 0 Å². The molecular formula is C18H27N3O2. The molecule has 0 aromatic heterocycles. The van der Waals surface area contributed by atoms with Gasteiger partial charge in [-0.25, -0.2) is 0 Å². The van der Waals surface area contributed by atoms with Crippen LogP contribution in [0.15, 0.2) is 23.2 Å². The topological polar surface area (TPSA) is 54.9 Å². The number of hydrogen-bond acceptors (Lipinski definition) is 3. The lowest BCUT2D eigenvalue weighted by molar-refractivity contribution is 0.198. The van der Waals surface area contributed by atoms with Gasteiger partial charge in [0, 0.05) is 25.2 Å². The van der Waals surface area contributed by atoms with Crippen molar-refractivity contribution in [3.05, 3.63) is 23.8 Å². The van der Waals surface area contributed by atoms with Crippen molar-refractivity contribution in [2.24, 2.45) is 4.99 Å². The third-order valence-electron chi connectivity index (χ3n) is 4.46. The van der Waals surface area contributed by atoms with Crippen molar-refractivity contribution >= 4 is 5.96 Å². The summed E-state index contributed by atoms with van der Waals surface area (Å²) in [5.41, 5.74) is 1.11. The third kappa shape index (κ3) is 4.30. The fraction of sp³-hybridized carbons (Fsp3) is 0.611. The minimum atomic E-state index is 0.314. The zero-order valence-electron chi connectivity index (χ0n) is 14.1. The Hall–Kier alpha value is -1.91. The Kier molecular flexibility index (Phi) is 5.26. The van der Waals surface area contributed by atoms with Gasteiger partial charge in [-0.3, -0.25) is 4.99 Å². The van der Waals surface area contributed by atoms with Gasteiger partial charge in [0.05, 0.1) is 13.2 Å². The van der Waals surface area contributed by atoms with E-state index in [0.717, 1.165) is 35.9 Å². The van der Waals surface area contributed by atoms with Gasteiger partial charge in [-0.15, -0.1) is 0 Å². The van der Waals surface area contributed by atoms with Gasteiger partial charge in [-0.2, -0.15) is 0 Å². The molecule has 2 fully saturated rings. The summed E-state index contributed by atoms with van der Waals surface area (Å²) in [6.07, 6.45) is 7.56. The number of rotatable bonds is 6. The summed E-state index contributed by atoms with van der Waals surface area (Å²) in [6, 6.07) is 6.64. The molecule has 23 heavy (non-hydrogen) atoms. The minimum Gasteiger partial charge on any atom is -0.493 e. The molecule has 2 N–H and O–H groups in total. The maximum absolute atomic E-state index is 6.26. The van der Waals surface area contributed by atoms with Gasteiger partial charge in [0.1, 0.15) is 0 Å². The van der Waals surface area contributed by atoms with Crippen molar-refractivity contribution < 1.29 is 9.47 Å². The minimum absolute atomic E-state index is 0.314. The van der Waals surface area contributed by atoms with E-state index in [2.05, 4.69) is 21.7 Å². The average molecular weight is 317 g/mol. The number of aliphatic imine (C=N–C) groups is 1. The van der Waals surface area contributed by atoms with Gasteiger partial charge in [-0.1, -0.05) is 12.1 Å². The first kappa shape index (κ1) is 16.0. The molecule has 2 aliphatic carbocycles. The van der Waals surface area contributed by atoms with Gasteiger partial charge in [0.2, 0.25) is 0 Å². The molecule has 2 saturated carbocycles.